The van der Waals surface area contributed by atoms with E-state index in [1.807, 2.05) is 29.8 Å². The van der Waals surface area contributed by atoms with Crippen molar-refractivity contribution in [2.24, 2.45) is 0 Å². The molecule has 0 amide bonds. The third-order valence-electron chi connectivity index (χ3n) is 2.16. The Morgan fingerprint density at radius 3 is 2.93 bits per heavy atom. The molecule has 0 saturated heterocycles. The largest absolute Gasteiger partial charge is 0.508 e. The molecule has 0 fully saturated rings. The van der Waals surface area contributed by atoms with Crippen LogP contribution in [0.25, 0.3) is 11.3 Å². The third-order valence-corrected chi connectivity index (χ3v) is 2.16. The fourth-order valence-electron chi connectivity index (χ4n) is 1.50. The van der Waals surface area contributed by atoms with Gasteiger partial charge in [0.05, 0.1) is 5.69 Å². The maximum atomic E-state index is 9.35. The van der Waals surface area contributed by atoms with Crippen LogP contribution in [-0.4, -0.2) is 14.9 Å². The van der Waals surface area contributed by atoms with E-state index in [0.717, 1.165) is 17.8 Å². The summed E-state index contributed by atoms with van der Waals surface area (Å²) < 4.78 is 1.90. The molecule has 1 aromatic carbocycles. The summed E-state index contributed by atoms with van der Waals surface area (Å²) in [7, 11) is 0. The highest BCUT2D eigenvalue weighted by Crippen LogP contribution is 2.22. The smallest absolute Gasteiger partial charge is 0.116 e. The molecule has 72 valence electrons. The third kappa shape index (κ3) is 1.48. The first kappa shape index (κ1) is 8.81. The number of benzene rings is 1. The van der Waals surface area contributed by atoms with Crippen molar-refractivity contribution >= 4 is 0 Å². The van der Waals surface area contributed by atoms with E-state index in [0.29, 0.717) is 0 Å². The summed E-state index contributed by atoms with van der Waals surface area (Å²) in [5.41, 5.74) is 2.02. The summed E-state index contributed by atoms with van der Waals surface area (Å²) >= 11 is 0. The van der Waals surface area contributed by atoms with Crippen molar-refractivity contribution in [3.63, 3.8) is 0 Å². The summed E-state index contributed by atoms with van der Waals surface area (Å²) in [5, 5.41) is 13.5. The van der Waals surface area contributed by atoms with Gasteiger partial charge in [0.2, 0.25) is 0 Å². The first-order chi connectivity index (χ1) is 6.81. The average Bonchev–Trinajstić information content (AvgIpc) is 2.65. The van der Waals surface area contributed by atoms with E-state index in [4.69, 9.17) is 0 Å². The Morgan fingerprint density at radius 2 is 2.21 bits per heavy atom. The molecule has 14 heavy (non-hydrogen) atoms. The van der Waals surface area contributed by atoms with E-state index in [9.17, 15) is 5.11 Å². The lowest BCUT2D eigenvalue weighted by Gasteiger charge is -2.04. The summed E-state index contributed by atoms with van der Waals surface area (Å²) in [5.74, 6) is 0.284. The molecular weight excluding hydrogens is 176 g/mol. The minimum absolute atomic E-state index is 0.284. The van der Waals surface area contributed by atoms with Gasteiger partial charge >= 0.3 is 0 Å². The van der Waals surface area contributed by atoms with E-state index >= 15 is 0 Å². The van der Waals surface area contributed by atoms with E-state index in [-0.39, 0.29) is 5.75 Å². The Morgan fingerprint density at radius 1 is 1.36 bits per heavy atom. The molecule has 1 aromatic heterocycles. The number of phenols is 1. The van der Waals surface area contributed by atoms with Crippen LogP contribution in [0.15, 0.2) is 36.5 Å². The molecule has 0 aliphatic rings. The highest BCUT2D eigenvalue weighted by molar-refractivity contribution is 5.61. The van der Waals surface area contributed by atoms with E-state index in [1.165, 1.54) is 0 Å². The first-order valence-corrected chi connectivity index (χ1v) is 4.62. The zero-order chi connectivity index (χ0) is 9.97. The Kier molecular flexibility index (Phi) is 2.23. The minimum atomic E-state index is 0.284. The molecular formula is C11H12N2O. The van der Waals surface area contributed by atoms with Gasteiger partial charge in [-0.15, -0.1) is 0 Å². The fourth-order valence-corrected chi connectivity index (χ4v) is 1.50. The number of phenolic OH excluding ortho intramolecular Hbond substituents is 1. The normalized spacial score (nSPS) is 10.4. The molecule has 3 heteroatoms. The minimum Gasteiger partial charge on any atom is -0.508 e. The molecule has 1 heterocycles. The van der Waals surface area contributed by atoms with Crippen LogP contribution in [0.1, 0.15) is 6.92 Å². The van der Waals surface area contributed by atoms with Crippen molar-refractivity contribution < 1.29 is 5.11 Å². The second-order valence-corrected chi connectivity index (χ2v) is 3.08. The molecule has 0 atom stereocenters. The van der Waals surface area contributed by atoms with Gasteiger partial charge in [-0.2, -0.15) is 5.10 Å². The first-order valence-electron chi connectivity index (χ1n) is 4.62. The number of nitrogens with zero attached hydrogens (tertiary/aromatic N) is 2. The van der Waals surface area contributed by atoms with Gasteiger partial charge in [-0.3, -0.25) is 4.68 Å². The Hall–Kier alpha value is -1.77. The summed E-state index contributed by atoms with van der Waals surface area (Å²) in [6, 6.07) is 9.14. The molecule has 1 N–H and O–H groups in total. The molecule has 3 nitrogen and oxygen atoms in total. The number of hydrogen-bond acceptors (Lipinski definition) is 2. The van der Waals surface area contributed by atoms with Crippen LogP contribution in [0.4, 0.5) is 0 Å². The van der Waals surface area contributed by atoms with Gasteiger partial charge in [-0.25, -0.2) is 0 Å². The molecule has 2 rings (SSSR count). The topological polar surface area (TPSA) is 38.0 Å². The highest BCUT2D eigenvalue weighted by atomic mass is 16.3. The van der Waals surface area contributed by atoms with Crippen molar-refractivity contribution in [1.29, 1.82) is 0 Å². The van der Waals surface area contributed by atoms with Crippen LogP contribution >= 0.6 is 0 Å². The van der Waals surface area contributed by atoms with Crippen LogP contribution < -0.4 is 0 Å². The quantitative estimate of drug-likeness (QED) is 0.785. The maximum Gasteiger partial charge on any atom is 0.116 e. The number of aromatic nitrogens is 2. The Bertz CT molecular complexity index is 434. The molecule has 0 unspecified atom stereocenters. The molecule has 0 aliphatic carbocycles. The monoisotopic (exact) mass is 188 g/mol. The number of aromatic hydroxyl groups is 1. The predicted octanol–water partition coefficient (Wildman–Crippen LogP) is 2.28. The zero-order valence-corrected chi connectivity index (χ0v) is 8.01. The van der Waals surface area contributed by atoms with Crippen molar-refractivity contribution in [3.05, 3.63) is 36.5 Å². The van der Waals surface area contributed by atoms with E-state index < -0.39 is 0 Å². The van der Waals surface area contributed by atoms with E-state index in [2.05, 4.69) is 5.10 Å². The van der Waals surface area contributed by atoms with Gasteiger partial charge in [0.15, 0.2) is 0 Å². The van der Waals surface area contributed by atoms with Crippen LogP contribution in [0.5, 0.6) is 5.75 Å². The molecule has 0 aliphatic heterocycles. The van der Waals surface area contributed by atoms with Gasteiger partial charge < -0.3 is 5.11 Å². The second kappa shape index (κ2) is 3.54. The van der Waals surface area contributed by atoms with Gasteiger partial charge in [0.1, 0.15) is 5.75 Å². The molecule has 0 radical (unpaired) electrons. The Balaban J connectivity index is 2.49. The van der Waals surface area contributed by atoms with Crippen molar-refractivity contribution in [1.82, 2.24) is 9.78 Å². The molecule has 0 bridgehead atoms. The predicted molar refractivity (Wildman–Crippen MR) is 55.0 cm³/mol. The van der Waals surface area contributed by atoms with Crippen molar-refractivity contribution in [2.45, 2.75) is 13.5 Å². The molecule has 0 saturated carbocycles. The average molecular weight is 188 g/mol. The summed E-state index contributed by atoms with van der Waals surface area (Å²) in [4.78, 5) is 0. The second-order valence-electron chi connectivity index (χ2n) is 3.08. The lowest BCUT2D eigenvalue weighted by Crippen LogP contribution is -1.98. The van der Waals surface area contributed by atoms with Crippen LogP contribution in [-0.2, 0) is 6.54 Å². The summed E-state index contributed by atoms with van der Waals surface area (Å²) in [6.07, 6.45) is 1.77. The standard InChI is InChI=1S/C11H12N2O/c1-2-13-11(6-7-12-13)9-4-3-5-10(14)8-9/h3-8,14H,2H2,1H3. The van der Waals surface area contributed by atoms with Crippen LogP contribution in [0.3, 0.4) is 0 Å². The van der Waals surface area contributed by atoms with Crippen molar-refractivity contribution in [3.8, 4) is 17.0 Å². The number of rotatable bonds is 2. The lowest BCUT2D eigenvalue weighted by molar-refractivity contribution is 0.475. The van der Waals surface area contributed by atoms with Crippen molar-refractivity contribution in [2.75, 3.05) is 0 Å². The summed E-state index contributed by atoms with van der Waals surface area (Å²) in [6.45, 7) is 2.87. The van der Waals surface area contributed by atoms with Crippen LogP contribution in [0.2, 0.25) is 0 Å². The van der Waals surface area contributed by atoms with Gasteiger partial charge in [-0.05, 0) is 25.1 Å². The fraction of sp³-hybridized carbons (Fsp3) is 0.182. The lowest BCUT2D eigenvalue weighted by atomic mass is 10.1. The highest BCUT2D eigenvalue weighted by Gasteiger charge is 2.03. The van der Waals surface area contributed by atoms with E-state index in [1.54, 1.807) is 18.3 Å². The number of hydrogen-bond donors (Lipinski definition) is 1. The Labute approximate surface area is 82.6 Å². The molecule has 0 spiro atoms. The SMILES string of the molecule is CCn1nccc1-c1cccc(O)c1. The van der Waals surface area contributed by atoms with Crippen LogP contribution in [0, 0.1) is 0 Å². The number of aryl methyl sites for hydroxylation is 1. The zero-order valence-electron chi connectivity index (χ0n) is 8.01. The van der Waals surface area contributed by atoms with Gasteiger partial charge in [0, 0.05) is 18.3 Å². The van der Waals surface area contributed by atoms with Gasteiger partial charge in [-0.1, -0.05) is 12.1 Å². The molecule has 2 aromatic rings. The maximum absolute atomic E-state index is 9.35. The van der Waals surface area contributed by atoms with Gasteiger partial charge in [0.25, 0.3) is 0 Å².